The standard InChI is InChI=1S/C27H32N4O6/c1-27(2,3)37-26(35)30-21(17-19-11-7-5-8-12-19)25(34)31(16-15-28)23(20-13-9-6-10-14-20)24(33)29-18-22(32)36-4/h5-14,21,23H,16-18H2,1-4H3,(H,29,33)(H,30,35). The van der Waals surface area contributed by atoms with E-state index in [1.165, 1.54) is 7.11 Å². The predicted molar refractivity (Wildman–Crippen MR) is 135 cm³/mol. The number of hydrogen-bond acceptors (Lipinski definition) is 7. The monoisotopic (exact) mass is 508 g/mol. The van der Waals surface area contributed by atoms with Crippen LogP contribution >= 0.6 is 0 Å². The molecule has 0 fully saturated rings. The van der Waals surface area contributed by atoms with Gasteiger partial charge in [-0.1, -0.05) is 60.7 Å². The van der Waals surface area contributed by atoms with Gasteiger partial charge in [-0.3, -0.25) is 14.4 Å². The van der Waals surface area contributed by atoms with Gasteiger partial charge in [0, 0.05) is 6.42 Å². The van der Waals surface area contributed by atoms with Crippen molar-refractivity contribution < 1.29 is 28.7 Å². The largest absolute Gasteiger partial charge is 0.468 e. The molecule has 2 aromatic carbocycles. The lowest BCUT2D eigenvalue weighted by atomic mass is 10.0. The second-order valence-corrected chi connectivity index (χ2v) is 9.12. The van der Waals surface area contributed by atoms with Gasteiger partial charge in [0.25, 0.3) is 0 Å². The lowest BCUT2D eigenvalue weighted by molar-refractivity contribution is -0.144. The Morgan fingerprint density at radius 1 is 1.00 bits per heavy atom. The van der Waals surface area contributed by atoms with Crippen LogP contribution in [-0.4, -0.2) is 60.6 Å². The van der Waals surface area contributed by atoms with Gasteiger partial charge < -0.3 is 25.0 Å². The first kappa shape index (κ1) is 28.8. The number of nitriles is 1. The van der Waals surface area contributed by atoms with Crippen LogP contribution in [0.5, 0.6) is 0 Å². The maximum absolute atomic E-state index is 13.9. The number of hydrogen-bond donors (Lipinski definition) is 2. The molecule has 3 amide bonds. The molecule has 0 heterocycles. The van der Waals surface area contributed by atoms with Crippen molar-refractivity contribution in [1.29, 1.82) is 5.26 Å². The number of carbonyl (C=O) groups is 4. The summed E-state index contributed by atoms with van der Waals surface area (Å²) in [6, 6.07) is 16.9. The summed E-state index contributed by atoms with van der Waals surface area (Å²) < 4.78 is 9.93. The third kappa shape index (κ3) is 9.29. The van der Waals surface area contributed by atoms with Crippen molar-refractivity contribution in [2.45, 2.75) is 44.9 Å². The summed E-state index contributed by atoms with van der Waals surface area (Å²) >= 11 is 0. The molecule has 2 atom stereocenters. The highest BCUT2D eigenvalue weighted by Gasteiger charge is 2.36. The molecule has 2 unspecified atom stereocenters. The highest BCUT2D eigenvalue weighted by molar-refractivity contribution is 5.93. The van der Waals surface area contributed by atoms with E-state index >= 15 is 0 Å². The number of carbonyl (C=O) groups excluding carboxylic acids is 4. The van der Waals surface area contributed by atoms with Gasteiger partial charge in [0.05, 0.1) is 13.2 Å². The number of ether oxygens (including phenoxy) is 2. The van der Waals surface area contributed by atoms with E-state index in [2.05, 4.69) is 15.4 Å². The molecule has 0 radical (unpaired) electrons. The Bertz CT molecular complexity index is 1110. The molecule has 0 aliphatic rings. The van der Waals surface area contributed by atoms with E-state index in [1.807, 2.05) is 12.1 Å². The molecule has 0 aromatic heterocycles. The minimum absolute atomic E-state index is 0.0894. The fourth-order valence-electron chi connectivity index (χ4n) is 3.51. The molecule has 2 N–H and O–H groups in total. The summed E-state index contributed by atoms with van der Waals surface area (Å²) in [5.41, 5.74) is 0.362. The van der Waals surface area contributed by atoms with Crippen molar-refractivity contribution >= 4 is 23.9 Å². The number of nitrogens with one attached hydrogen (secondary N) is 2. The molecule has 10 nitrogen and oxygen atoms in total. The molecule has 37 heavy (non-hydrogen) atoms. The number of rotatable bonds is 10. The number of amides is 3. The second-order valence-electron chi connectivity index (χ2n) is 9.12. The Hall–Kier alpha value is -4.39. The molecule has 196 valence electrons. The number of alkyl carbamates (subject to hydrolysis) is 1. The summed E-state index contributed by atoms with van der Waals surface area (Å²) in [6.07, 6.45) is -0.725. The van der Waals surface area contributed by atoms with Crippen LogP contribution in [0.1, 0.15) is 37.9 Å². The molecule has 2 aromatic rings. The summed E-state index contributed by atoms with van der Waals surface area (Å²) in [5, 5.41) is 14.6. The van der Waals surface area contributed by atoms with Gasteiger partial charge in [0.1, 0.15) is 30.8 Å². The first-order chi connectivity index (χ1) is 17.6. The van der Waals surface area contributed by atoms with Crippen LogP contribution in [0.25, 0.3) is 0 Å². The van der Waals surface area contributed by atoms with Crippen LogP contribution in [0.4, 0.5) is 4.79 Å². The lowest BCUT2D eigenvalue weighted by Crippen LogP contribution is -2.54. The van der Waals surface area contributed by atoms with Gasteiger partial charge in [-0.05, 0) is 31.9 Å². The topological polar surface area (TPSA) is 138 Å². The Kier molecular flexibility index (Phi) is 10.6. The molecule has 0 saturated carbocycles. The first-order valence-corrected chi connectivity index (χ1v) is 11.7. The maximum atomic E-state index is 13.9. The predicted octanol–water partition coefficient (Wildman–Crippen LogP) is 2.51. The zero-order valence-corrected chi connectivity index (χ0v) is 21.4. The Balaban J connectivity index is 2.46. The minimum Gasteiger partial charge on any atom is -0.468 e. The molecule has 0 saturated heterocycles. The first-order valence-electron chi connectivity index (χ1n) is 11.7. The van der Waals surface area contributed by atoms with Gasteiger partial charge in [-0.2, -0.15) is 5.26 Å². The molecule has 0 bridgehead atoms. The van der Waals surface area contributed by atoms with Crippen molar-refractivity contribution in [3.63, 3.8) is 0 Å². The number of esters is 1. The van der Waals surface area contributed by atoms with E-state index in [0.717, 1.165) is 10.5 Å². The zero-order valence-electron chi connectivity index (χ0n) is 21.4. The van der Waals surface area contributed by atoms with Crippen LogP contribution < -0.4 is 10.6 Å². The molecule has 10 heteroatoms. The van der Waals surface area contributed by atoms with E-state index < -0.39 is 54.7 Å². The number of benzene rings is 2. The summed E-state index contributed by atoms with van der Waals surface area (Å²) in [6.45, 7) is 4.21. The van der Waals surface area contributed by atoms with Crippen molar-refractivity contribution in [2.24, 2.45) is 0 Å². The normalized spacial score (nSPS) is 12.3. The second kappa shape index (κ2) is 13.6. The molecule has 0 aliphatic carbocycles. The van der Waals surface area contributed by atoms with Crippen LogP contribution in [0.3, 0.4) is 0 Å². The molecule has 0 spiro atoms. The smallest absolute Gasteiger partial charge is 0.408 e. The van der Waals surface area contributed by atoms with Gasteiger partial charge in [0.15, 0.2) is 0 Å². The minimum atomic E-state index is -1.25. The van der Waals surface area contributed by atoms with Gasteiger partial charge in [-0.15, -0.1) is 0 Å². The van der Waals surface area contributed by atoms with Crippen LogP contribution in [0, 0.1) is 11.3 Å². The Morgan fingerprint density at radius 3 is 2.14 bits per heavy atom. The molecule has 0 aliphatic heterocycles. The highest BCUT2D eigenvalue weighted by atomic mass is 16.6. The average molecular weight is 509 g/mol. The van der Waals surface area contributed by atoms with Crippen LogP contribution in [0.2, 0.25) is 0 Å². The van der Waals surface area contributed by atoms with Gasteiger partial charge in [0.2, 0.25) is 11.8 Å². The summed E-state index contributed by atoms with van der Waals surface area (Å²) in [7, 11) is 1.19. The van der Waals surface area contributed by atoms with E-state index in [4.69, 9.17) is 4.74 Å². The fraction of sp³-hybridized carbons (Fsp3) is 0.370. The van der Waals surface area contributed by atoms with Crippen molar-refractivity contribution in [3.05, 3.63) is 71.8 Å². The SMILES string of the molecule is COC(=O)CNC(=O)C(c1ccccc1)N(CC#N)C(=O)C(Cc1ccccc1)NC(=O)OC(C)(C)C. The van der Waals surface area contributed by atoms with Crippen LogP contribution in [-0.2, 0) is 30.3 Å². The zero-order chi connectivity index (χ0) is 27.4. The Morgan fingerprint density at radius 2 is 1.59 bits per heavy atom. The summed E-state index contributed by atoms with van der Waals surface area (Å²) in [4.78, 5) is 52.5. The van der Waals surface area contributed by atoms with Crippen molar-refractivity contribution in [3.8, 4) is 6.07 Å². The average Bonchev–Trinajstić information content (AvgIpc) is 2.86. The Labute approximate surface area is 216 Å². The van der Waals surface area contributed by atoms with E-state index in [1.54, 1.807) is 75.4 Å². The molecular weight excluding hydrogens is 476 g/mol. The van der Waals surface area contributed by atoms with E-state index in [0.29, 0.717) is 5.56 Å². The van der Waals surface area contributed by atoms with E-state index in [9.17, 15) is 24.4 Å². The van der Waals surface area contributed by atoms with Gasteiger partial charge in [-0.25, -0.2) is 4.79 Å². The number of methoxy groups -OCH3 is 1. The van der Waals surface area contributed by atoms with Crippen LogP contribution in [0.15, 0.2) is 60.7 Å². The molecular formula is C27H32N4O6. The molecule has 2 rings (SSSR count). The lowest BCUT2D eigenvalue weighted by Gasteiger charge is -2.33. The van der Waals surface area contributed by atoms with Crippen molar-refractivity contribution in [1.82, 2.24) is 15.5 Å². The van der Waals surface area contributed by atoms with Gasteiger partial charge >= 0.3 is 12.1 Å². The summed E-state index contributed by atoms with van der Waals surface area (Å²) in [5.74, 6) is -2.03. The quantitative estimate of drug-likeness (QED) is 0.371. The van der Waals surface area contributed by atoms with E-state index in [-0.39, 0.29) is 6.42 Å². The third-order valence-electron chi connectivity index (χ3n) is 5.11. The third-order valence-corrected chi connectivity index (χ3v) is 5.11. The van der Waals surface area contributed by atoms with Crippen molar-refractivity contribution in [2.75, 3.05) is 20.2 Å². The fourth-order valence-corrected chi connectivity index (χ4v) is 3.51. The number of nitrogens with zero attached hydrogens (tertiary/aromatic N) is 2. The maximum Gasteiger partial charge on any atom is 0.408 e. The highest BCUT2D eigenvalue weighted by Crippen LogP contribution is 2.23.